The van der Waals surface area contributed by atoms with Crippen LogP contribution in [0.2, 0.25) is 0 Å². The van der Waals surface area contributed by atoms with Gasteiger partial charge >= 0.3 is 0 Å². The lowest BCUT2D eigenvalue weighted by molar-refractivity contribution is -0.110. The molecule has 2 aromatic rings. The molecule has 0 saturated carbocycles. The summed E-state index contributed by atoms with van der Waals surface area (Å²) in [4.78, 5) is 10.8. The molecule has 0 radical (unpaired) electrons. The van der Waals surface area contributed by atoms with Gasteiger partial charge in [-0.1, -0.05) is 24.3 Å². The van der Waals surface area contributed by atoms with Crippen LogP contribution in [0, 0.1) is 0 Å². The summed E-state index contributed by atoms with van der Waals surface area (Å²) >= 11 is 3.77. The number of ether oxygens (including phenoxy) is 1. The highest BCUT2D eigenvalue weighted by molar-refractivity contribution is 7.96. The van der Waals surface area contributed by atoms with Crippen LogP contribution in [0.3, 0.4) is 0 Å². The van der Waals surface area contributed by atoms with Crippen molar-refractivity contribution in [1.82, 2.24) is 0 Å². The fourth-order valence-corrected chi connectivity index (χ4v) is 1.92. The van der Waals surface area contributed by atoms with Gasteiger partial charge in [-0.3, -0.25) is 4.79 Å². The van der Waals surface area contributed by atoms with Crippen molar-refractivity contribution < 1.29 is 9.53 Å². The minimum atomic E-state index is -0.0696. The van der Waals surface area contributed by atoms with E-state index in [0.717, 1.165) is 28.5 Å². The molecular weight excluding hydrogens is 232 g/mol. The second-order valence-corrected chi connectivity index (χ2v) is 4.44. The Morgan fingerprint density at radius 3 is 2.59 bits per heavy atom. The molecule has 0 aliphatic rings. The molecule has 0 spiro atoms. The predicted octanol–water partition coefficient (Wildman–Crippen LogP) is 3.24. The molecule has 0 heterocycles. The van der Waals surface area contributed by atoms with Crippen molar-refractivity contribution in [3.63, 3.8) is 0 Å². The zero-order valence-corrected chi connectivity index (χ0v) is 10.5. The quantitative estimate of drug-likeness (QED) is 0.838. The number of fused-ring (bicyclic) bond motifs is 1. The van der Waals surface area contributed by atoms with Crippen molar-refractivity contribution in [2.45, 2.75) is 12.8 Å². The van der Waals surface area contributed by atoms with Gasteiger partial charge in [0.25, 0.3) is 0 Å². The van der Waals surface area contributed by atoms with Crippen molar-refractivity contribution >= 4 is 28.5 Å². The number of methoxy groups -OCH3 is 1. The van der Waals surface area contributed by atoms with Crippen molar-refractivity contribution in [2.24, 2.45) is 0 Å². The molecule has 88 valence electrons. The lowest BCUT2D eigenvalue weighted by Gasteiger charge is -2.05. The van der Waals surface area contributed by atoms with E-state index in [9.17, 15) is 4.79 Å². The summed E-state index contributed by atoms with van der Waals surface area (Å²) in [6.45, 7) is 0. The third-order valence-electron chi connectivity index (χ3n) is 2.74. The Labute approximate surface area is 106 Å². The molecule has 0 atom stereocenters. The molecule has 3 heteroatoms. The molecule has 0 aliphatic heterocycles. The Balaban J connectivity index is 2.28. The summed E-state index contributed by atoms with van der Waals surface area (Å²) in [7, 11) is 1.66. The average Bonchev–Trinajstić information content (AvgIpc) is 2.35. The Bertz CT molecular complexity index is 549. The van der Waals surface area contributed by atoms with Crippen LogP contribution in [0.4, 0.5) is 0 Å². The highest BCUT2D eigenvalue weighted by Crippen LogP contribution is 2.22. The third-order valence-corrected chi connectivity index (χ3v) is 2.96. The second kappa shape index (κ2) is 5.23. The normalized spacial score (nSPS) is 10.5. The first-order valence-corrected chi connectivity index (χ1v) is 5.92. The maximum Gasteiger partial charge on any atom is 0.186 e. The van der Waals surface area contributed by atoms with Gasteiger partial charge < -0.3 is 4.74 Å². The molecular formula is C14H14O2S. The standard InChI is InChI=1S/C14H14O2S/c1-16-13-6-5-11-8-10(3-7-14(15)17)2-4-12(11)9-13/h2,4-6,8-9H,3,7H2,1H3,(H,15,17). The lowest BCUT2D eigenvalue weighted by Crippen LogP contribution is -1.91. The molecule has 2 aromatic carbocycles. The van der Waals surface area contributed by atoms with Crippen LogP contribution in [0.25, 0.3) is 10.8 Å². The molecule has 0 amide bonds. The van der Waals surface area contributed by atoms with Crippen LogP contribution in [0.15, 0.2) is 36.4 Å². The van der Waals surface area contributed by atoms with Crippen molar-refractivity contribution in [3.8, 4) is 5.75 Å². The van der Waals surface area contributed by atoms with Gasteiger partial charge in [-0.2, -0.15) is 0 Å². The van der Waals surface area contributed by atoms with Gasteiger partial charge in [-0.15, -0.1) is 12.6 Å². The summed E-state index contributed by atoms with van der Waals surface area (Å²) < 4.78 is 5.18. The van der Waals surface area contributed by atoms with Crippen molar-refractivity contribution in [3.05, 3.63) is 42.0 Å². The van der Waals surface area contributed by atoms with Gasteiger partial charge in [0.05, 0.1) is 7.11 Å². The van der Waals surface area contributed by atoms with Gasteiger partial charge in [0.2, 0.25) is 0 Å². The molecule has 2 nitrogen and oxygen atoms in total. The van der Waals surface area contributed by atoms with E-state index in [0.29, 0.717) is 6.42 Å². The Morgan fingerprint density at radius 1 is 1.18 bits per heavy atom. The van der Waals surface area contributed by atoms with Crippen LogP contribution < -0.4 is 4.74 Å². The van der Waals surface area contributed by atoms with Gasteiger partial charge in [-0.05, 0) is 34.9 Å². The Hall–Kier alpha value is -1.48. The summed E-state index contributed by atoms with van der Waals surface area (Å²) in [6.07, 6.45) is 1.22. The van der Waals surface area contributed by atoms with Crippen LogP contribution in [0.5, 0.6) is 5.75 Å². The van der Waals surface area contributed by atoms with Crippen LogP contribution in [0.1, 0.15) is 12.0 Å². The molecule has 0 bridgehead atoms. The summed E-state index contributed by atoms with van der Waals surface area (Å²) in [5, 5.41) is 2.24. The van der Waals surface area contributed by atoms with Gasteiger partial charge in [0.1, 0.15) is 5.75 Å². The highest BCUT2D eigenvalue weighted by Gasteiger charge is 2.00. The molecule has 0 aliphatic carbocycles. The van der Waals surface area contributed by atoms with Gasteiger partial charge in [-0.25, -0.2) is 0 Å². The zero-order valence-electron chi connectivity index (χ0n) is 9.64. The fourth-order valence-electron chi connectivity index (χ4n) is 1.81. The van der Waals surface area contributed by atoms with E-state index in [1.165, 1.54) is 0 Å². The maximum absolute atomic E-state index is 10.8. The first kappa shape index (κ1) is 12.0. The Morgan fingerprint density at radius 2 is 1.88 bits per heavy atom. The molecule has 0 N–H and O–H groups in total. The molecule has 0 fully saturated rings. The minimum absolute atomic E-state index is 0.0696. The number of hydrogen-bond donors (Lipinski definition) is 1. The molecule has 0 unspecified atom stereocenters. The molecule has 2 rings (SSSR count). The fraction of sp³-hybridized carbons (Fsp3) is 0.214. The van der Waals surface area contributed by atoms with E-state index < -0.39 is 0 Å². The number of thiol groups is 1. The lowest BCUT2D eigenvalue weighted by atomic mass is 10.0. The zero-order chi connectivity index (χ0) is 12.3. The average molecular weight is 246 g/mol. The third kappa shape index (κ3) is 3.01. The van der Waals surface area contributed by atoms with Gasteiger partial charge in [0, 0.05) is 6.42 Å². The van der Waals surface area contributed by atoms with E-state index in [4.69, 9.17) is 4.74 Å². The van der Waals surface area contributed by atoms with E-state index >= 15 is 0 Å². The number of aryl methyl sites for hydroxylation is 1. The maximum atomic E-state index is 10.8. The van der Waals surface area contributed by atoms with Crippen molar-refractivity contribution in [2.75, 3.05) is 7.11 Å². The largest absolute Gasteiger partial charge is 0.497 e. The number of carbonyl (C=O) groups excluding carboxylic acids is 1. The van der Waals surface area contributed by atoms with E-state index in [1.54, 1.807) is 7.11 Å². The number of carbonyl (C=O) groups is 1. The monoisotopic (exact) mass is 246 g/mol. The molecule has 0 aromatic heterocycles. The van der Waals surface area contributed by atoms with Crippen molar-refractivity contribution in [1.29, 1.82) is 0 Å². The second-order valence-electron chi connectivity index (χ2n) is 3.94. The SMILES string of the molecule is COc1ccc2cc(CCC(=O)S)ccc2c1. The number of rotatable bonds is 4. The van der Waals surface area contributed by atoms with Crippen LogP contribution >= 0.6 is 12.6 Å². The number of benzene rings is 2. The molecule has 0 saturated heterocycles. The first-order chi connectivity index (χ1) is 8.19. The first-order valence-electron chi connectivity index (χ1n) is 5.47. The van der Waals surface area contributed by atoms with Crippen LogP contribution in [-0.2, 0) is 11.2 Å². The topological polar surface area (TPSA) is 26.3 Å². The smallest absolute Gasteiger partial charge is 0.186 e. The Kier molecular flexibility index (Phi) is 3.69. The minimum Gasteiger partial charge on any atom is -0.497 e. The molecule has 17 heavy (non-hydrogen) atoms. The van der Waals surface area contributed by atoms with Gasteiger partial charge in [0.15, 0.2) is 5.12 Å². The van der Waals surface area contributed by atoms with E-state index in [-0.39, 0.29) is 5.12 Å². The van der Waals surface area contributed by atoms with E-state index in [2.05, 4.69) is 24.8 Å². The predicted molar refractivity (Wildman–Crippen MR) is 72.8 cm³/mol. The van der Waals surface area contributed by atoms with E-state index in [1.807, 2.05) is 24.3 Å². The number of hydrogen-bond acceptors (Lipinski definition) is 2. The summed E-state index contributed by atoms with van der Waals surface area (Å²) in [6, 6.07) is 12.2. The van der Waals surface area contributed by atoms with Crippen LogP contribution in [-0.4, -0.2) is 12.2 Å². The highest BCUT2D eigenvalue weighted by atomic mass is 32.1. The summed E-state index contributed by atoms with van der Waals surface area (Å²) in [5.74, 6) is 0.857. The summed E-state index contributed by atoms with van der Waals surface area (Å²) in [5.41, 5.74) is 1.16.